The zero-order valence-corrected chi connectivity index (χ0v) is 18.8. The summed E-state index contributed by atoms with van der Waals surface area (Å²) >= 11 is 0. The second kappa shape index (κ2) is 8.81. The van der Waals surface area contributed by atoms with Crippen LogP contribution in [0.2, 0.25) is 0 Å². The van der Waals surface area contributed by atoms with Crippen LogP contribution in [0.25, 0.3) is 22.2 Å². The first-order valence-electron chi connectivity index (χ1n) is 10.7. The van der Waals surface area contributed by atoms with Crippen LogP contribution >= 0.6 is 0 Å². The molecule has 2 aromatic carbocycles. The molecule has 4 aromatic rings. The van der Waals surface area contributed by atoms with E-state index in [1.807, 2.05) is 30.3 Å². The summed E-state index contributed by atoms with van der Waals surface area (Å²) in [7, 11) is -4.01. The topological polar surface area (TPSA) is 117 Å². The molecule has 34 heavy (non-hydrogen) atoms. The number of hydrogen-bond donors (Lipinski definition) is 1. The second-order valence-electron chi connectivity index (χ2n) is 7.90. The van der Waals surface area contributed by atoms with E-state index in [9.17, 15) is 18.3 Å². The predicted molar refractivity (Wildman–Crippen MR) is 127 cm³/mol. The molecule has 10 heteroatoms. The zero-order valence-electron chi connectivity index (χ0n) is 18.0. The monoisotopic (exact) mass is 475 g/mol. The van der Waals surface area contributed by atoms with Crippen molar-refractivity contribution in [2.75, 3.05) is 24.5 Å². The highest BCUT2D eigenvalue weighted by Crippen LogP contribution is 2.27. The lowest BCUT2D eigenvalue weighted by Crippen LogP contribution is -2.58. The summed E-state index contributed by atoms with van der Waals surface area (Å²) in [5.41, 5.74) is 3.11. The fourth-order valence-electron chi connectivity index (χ4n) is 4.05. The van der Waals surface area contributed by atoms with Gasteiger partial charge >= 0.3 is 5.97 Å². The third kappa shape index (κ3) is 4.09. The van der Waals surface area contributed by atoms with Crippen molar-refractivity contribution in [3.8, 4) is 11.1 Å². The summed E-state index contributed by atoms with van der Waals surface area (Å²) in [4.78, 5) is 26.8. The number of aliphatic carboxylic acids is 1. The molecule has 5 rings (SSSR count). The molecule has 0 aliphatic carbocycles. The first-order chi connectivity index (χ1) is 16.4. The number of pyridine rings is 1. The fourth-order valence-corrected chi connectivity index (χ4v) is 5.62. The van der Waals surface area contributed by atoms with Crippen LogP contribution in [0.15, 0.2) is 84.1 Å². The van der Waals surface area contributed by atoms with Crippen molar-refractivity contribution in [3.05, 3.63) is 79.3 Å². The molecule has 0 amide bonds. The van der Waals surface area contributed by atoms with Gasteiger partial charge in [0.05, 0.1) is 22.8 Å². The average Bonchev–Trinajstić information content (AvgIpc) is 2.88. The van der Waals surface area contributed by atoms with Gasteiger partial charge in [-0.15, -0.1) is 0 Å². The molecule has 2 aromatic heterocycles. The molecular weight excluding hydrogens is 454 g/mol. The maximum absolute atomic E-state index is 13.4. The summed E-state index contributed by atoms with van der Waals surface area (Å²) < 4.78 is 27.8. The van der Waals surface area contributed by atoms with E-state index in [0.717, 1.165) is 15.4 Å². The lowest BCUT2D eigenvalue weighted by Gasteiger charge is -2.38. The number of piperazine rings is 1. The Morgan fingerprint density at radius 2 is 1.65 bits per heavy atom. The van der Waals surface area contributed by atoms with E-state index in [1.54, 1.807) is 41.7 Å². The Kier molecular flexibility index (Phi) is 5.68. The van der Waals surface area contributed by atoms with Gasteiger partial charge in [0.2, 0.25) is 10.0 Å². The summed E-state index contributed by atoms with van der Waals surface area (Å²) in [5.74, 6) is -0.721. The lowest BCUT2D eigenvalue weighted by atomic mass is 10.1. The maximum Gasteiger partial charge on any atom is 0.323 e. The Hall–Kier alpha value is -3.89. The third-order valence-corrected chi connectivity index (χ3v) is 7.76. The number of carbonyl (C=O) groups is 1. The molecule has 1 aliphatic heterocycles. The molecule has 1 atom stereocenters. The number of aromatic nitrogens is 3. The van der Waals surface area contributed by atoms with E-state index in [2.05, 4.69) is 15.0 Å². The summed E-state index contributed by atoms with van der Waals surface area (Å²) in [6.45, 7) is 0.258. The molecule has 1 N–H and O–H groups in total. The first kappa shape index (κ1) is 21.9. The van der Waals surface area contributed by atoms with E-state index >= 15 is 0 Å². The number of rotatable bonds is 5. The summed E-state index contributed by atoms with van der Waals surface area (Å²) in [6, 6.07) is 16.6. The number of hydrogen-bond acceptors (Lipinski definition) is 7. The van der Waals surface area contributed by atoms with Crippen LogP contribution in [0, 0.1) is 0 Å². The second-order valence-corrected chi connectivity index (χ2v) is 9.79. The molecule has 1 saturated heterocycles. The van der Waals surface area contributed by atoms with Gasteiger partial charge < -0.3 is 10.0 Å². The molecule has 1 aliphatic rings. The highest BCUT2D eigenvalue weighted by molar-refractivity contribution is 7.89. The van der Waals surface area contributed by atoms with Crippen LogP contribution in [-0.4, -0.2) is 64.4 Å². The number of benzene rings is 2. The lowest BCUT2D eigenvalue weighted by molar-refractivity contribution is -0.141. The SMILES string of the molecule is O=C(O)C1CN(c2cnc3cnccc3n2)CCN1S(=O)(=O)c1ccc(-c2ccccc2)cc1. The quantitative estimate of drug-likeness (QED) is 0.468. The van der Waals surface area contributed by atoms with Gasteiger partial charge in [-0.3, -0.25) is 9.78 Å². The third-order valence-electron chi connectivity index (χ3n) is 5.84. The van der Waals surface area contributed by atoms with Gasteiger partial charge in [0, 0.05) is 25.8 Å². The highest BCUT2D eigenvalue weighted by Gasteiger charge is 2.40. The predicted octanol–water partition coefficient (Wildman–Crippen LogP) is 2.66. The van der Waals surface area contributed by atoms with Crippen molar-refractivity contribution in [3.63, 3.8) is 0 Å². The van der Waals surface area contributed by atoms with Crippen LogP contribution < -0.4 is 4.90 Å². The Balaban J connectivity index is 1.40. The van der Waals surface area contributed by atoms with E-state index in [-0.39, 0.29) is 24.5 Å². The largest absolute Gasteiger partial charge is 0.480 e. The van der Waals surface area contributed by atoms with Gasteiger partial charge in [0.15, 0.2) is 0 Å². The standard InChI is InChI=1S/C24H21N5O4S/c30-24(31)22-16-28(23-15-26-21-14-25-11-10-20(21)27-23)12-13-29(22)34(32,33)19-8-6-18(7-9-19)17-4-2-1-3-5-17/h1-11,14-15,22H,12-13,16H2,(H,30,31). The molecule has 0 spiro atoms. The number of anilines is 1. The normalized spacial score (nSPS) is 17.1. The van der Waals surface area contributed by atoms with E-state index in [0.29, 0.717) is 16.9 Å². The Labute approximate surface area is 196 Å². The summed E-state index contributed by atoms with van der Waals surface area (Å²) in [6.07, 6.45) is 4.75. The first-order valence-corrected chi connectivity index (χ1v) is 12.1. The minimum atomic E-state index is -4.01. The van der Waals surface area contributed by atoms with Crippen LogP contribution in [0.5, 0.6) is 0 Å². The Morgan fingerprint density at radius 3 is 2.38 bits per heavy atom. The minimum Gasteiger partial charge on any atom is -0.480 e. The van der Waals surface area contributed by atoms with Crippen molar-refractivity contribution < 1.29 is 18.3 Å². The van der Waals surface area contributed by atoms with E-state index in [4.69, 9.17) is 0 Å². The van der Waals surface area contributed by atoms with Gasteiger partial charge in [0.1, 0.15) is 17.4 Å². The van der Waals surface area contributed by atoms with Gasteiger partial charge in [0.25, 0.3) is 0 Å². The number of fused-ring (bicyclic) bond motifs is 1. The van der Waals surface area contributed by atoms with E-state index in [1.165, 1.54) is 12.1 Å². The highest BCUT2D eigenvalue weighted by atomic mass is 32.2. The van der Waals surface area contributed by atoms with Gasteiger partial charge in [-0.05, 0) is 29.3 Å². The molecule has 1 unspecified atom stereocenters. The Morgan fingerprint density at radius 1 is 0.912 bits per heavy atom. The van der Waals surface area contributed by atoms with Crippen LogP contribution in [0.4, 0.5) is 5.82 Å². The molecule has 0 bridgehead atoms. The zero-order chi connectivity index (χ0) is 23.7. The summed E-state index contributed by atoms with van der Waals surface area (Å²) in [5, 5.41) is 9.87. The van der Waals surface area contributed by atoms with Crippen LogP contribution in [-0.2, 0) is 14.8 Å². The van der Waals surface area contributed by atoms with Gasteiger partial charge in [-0.2, -0.15) is 4.31 Å². The molecule has 172 valence electrons. The van der Waals surface area contributed by atoms with Crippen molar-refractivity contribution in [1.82, 2.24) is 19.3 Å². The number of carboxylic acids is 1. The molecule has 3 heterocycles. The van der Waals surface area contributed by atoms with Gasteiger partial charge in [-0.1, -0.05) is 42.5 Å². The van der Waals surface area contributed by atoms with Crippen LogP contribution in [0.3, 0.4) is 0 Å². The van der Waals surface area contributed by atoms with Crippen molar-refractivity contribution in [2.45, 2.75) is 10.9 Å². The number of sulfonamides is 1. The Bertz CT molecular complexity index is 1450. The molecule has 0 radical (unpaired) electrons. The van der Waals surface area contributed by atoms with Crippen molar-refractivity contribution >= 4 is 32.8 Å². The fraction of sp³-hybridized carbons (Fsp3) is 0.167. The smallest absolute Gasteiger partial charge is 0.323 e. The van der Waals surface area contributed by atoms with Crippen molar-refractivity contribution in [2.24, 2.45) is 0 Å². The maximum atomic E-state index is 13.4. The number of nitrogens with zero attached hydrogens (tertiary/aromatic N) is 5. The van der Waals surface area contributed by atoms with Gasteiger partial charge in [-0.25, -0.2) is 18.4 Å². The van der Waals surface area contributed by atoms with Crippen LogP contribution in [0.1, 0.15) is 0 Å². The molecule has 9 nitrogen and oxygen atoms in total. The minimum absolute atomic E-state index is 0.00972. The molecule has 1 fully saturated rings. The van der Waals surface area contributed by atoms with Crippen molar-refractivity contribution in [1.29, 1.82) is 0 Å². The van der Waals surface area contributed by atoms with E-state index < -0.39 is 22.0 Å². The molecular formula is C24H21N5O4S. The average molecular weight is 476 g/mol. The number of carboxylic acid groups (broad SMARTS) is 1. The molecule has 0 saturated carbocycles.